The van der Waals surface area contributed by atoms with E-state index in [0.717, 1.165) is 14.9 Å². The molecular weight excluding hydrogens is 294 g/mol. The van der Waals surface area contributed by atoms with Gasteiger partial charge in [-0.15, -0.1) is 17.9 Å². The van der Waals surface area contributed by atoms with Gasteiger partial charge in [-0.2, -0.15) is 5.10 Å². The highest BCUT2D eigenvalue weighted by atomic mass is 35.5. The van der Waals surface area contributed by atoms with Crippen LogP contribution in [0.2, 0.25) is 4.34 Å². The summed E-state index contributed by atoms with van der Waals surface area (Å²) < 4.78 is 0.724. The van der Waals surface area contributed by atoms with E-state index in [9.17, 15) is 4.79 Å². The average Bonchev–Trinajstić information content (AvgIpc) is 2.95. The van der Waals surface area contributed by atoms with Crippen LogP contribution in [0, 0.1) is 13.8 Å². The Bertz CT molecular complexity index is 613. The van der Waals surface area contributed by atoms with Gasteiger partial charge in [-0.3, -0.25) is 9.89 Å². The molecule has 2 heterocycles. The maximum Gasteiger partial charge on any atom is 0.258 e. The topological polar surface area (TPSA) is 49.0 Å². The number of carbonyl (C=O) groups excluding carboxylic acids is 1. The Balaban J connectivity index is 2.24. The van der Waals surface area contributed by atoms with E-state index in [4.69, 9.17) is 11.6 Å². The second kappa shape index (κ2) is 6.24. The summed E-state index contributed by atoms with van der Waals surface area (Å²) in [5, 5.41) is 6.92. The van der Waals surface area contributed by atoms with Gasteiger partial charge < -0.3 is 4.90 Å². The smallest absolute Gasteiger partial charge is 0.258 e. The molecule has 2 aromatic rings. The molecule has 0 saturated carbocycles. The Morgan fingerprint density at radius 3 is 2.80 bits per heavy atom. The number of aryl methyl sites for hydroxylation is 2. The Kier molecular flexibility index (Phi) is 4.62. The van der Waals surface area contributed by atoms with Crippen molar-refractivity contribution >= 4 is 28.8 Å². The van der Waals surface area contributed by atoms with Crippen molar-refractivity contribution in [1.82, 2.24) is 15.1 Å². The van der Waals surface area contributed by atoms with Crippen molar-refractivity contribution in [1.29, 1.82) is 0 Å². The van der Waals surface area contributed by atoms with Crippen LogP contribution in [0.15, 0.2) is 24.8 Å². The quantitative estimate of drug-likeness (QED) is 0.858. The predicted molar refractivity (Wildman–Crippen MR) is 82.3 cm³/mol. The number of thiophene rings is 1. The fourth-order valence-electron chi connectivity index (χ4n) is 2.02. The molecule has 6 heteroatoms. The molecule has 4 nitrogen and oxygen atoms in total. The van der Waals surface area contributed by atoms with Crippen LogP contribution in [-0.4, -0.2) is 27.5 Å². The largest absolute Gasteiger partial charge is 0.330 e. The maximum absolute atomic E-state index is 12.6. The molecule has 0 aromatic carbocycles. The summed E-state index contributed by atoms with van der Waals surface area (Å²) in [4.78, 5) is 15.4. The second-order valence-electron chi connectivity index (χ2n) is 4.49. The predicted octanol–water partition coefficient (Wildman–Crippen LogP) is 3.57. The fraction of sp³-hybridized carbons (Fsp3) is 0.286. The lowest BCUT2D eigenvalue weighted by Crippen LogP contribution is -2.31. The van der Waals surface area contributed by atoms with Crippen LogP contribution in [0.25, 0.3) is 0 Å². The normalized spacial score (nSPS) is 10.6. The zero-order valence-corrected chi connectivity index (χ0v) is 13.0. The molecule has 2 rings (SSSR count). The standard InChI is InChI=1S/C14H16ClN3OS/c1-4-7-18(8-11-5-6-12(15)20-11)14(19)13-9(2)16-17-10(13)3/h4-6H,1,7-8H2,2-3H3,(H,16,17). The summed E-state index contributed by atoms with van der Waals surface area (Å²) in [6, 6.07) is 3.78. The maximum atomic E-state index is 12.6. The van der Waals surface area contributed by atoms with Crippen LogP contribution in [0.3, 0.4) is 0 Å². The van der Waals surface area contributed by atoms with Crippen molar-refractivity contribution in [2.75, 3.05) is 6.54 Å². The molecule has 0 aliphatic rings. The number of nitrogens with one attached hydrogen (secondary N) is 1. The lowest BCUT2D eigenvalue weighted by molar-refractivity contribution is 0.0763. The Morgan fingerprint density at radius 2 is 2.30 bits per heavy atom. The van der Waals surface area contributed by atoms with Crippen LogP contribution < -0.4 is 0 Å². The second-order valence-corrected chi connectivity index (χ2v) is 6.29. The van der Waals surface area contributed by atoms with Crippen molar-refractivity contribution in [3.8, 4) is 0 Å². The van der Waals surface area contributed by atoms with E-state index in [1.807, 2.05) is 26.0 Å². The average molecular weight is 310 g/mol. The van der Waals surface area contributed by atoms with Gasteiger partial charge in [0.1, 0.15) is 0 Å². The first kappa shape index (κ1) is 14.8. The van der Waals surface area contributed by atoms with Crippen molar-refractivity contribution < 1.29 is 4.79 Å². The SMILES string of the molecule is C=CCN(Cc1ccc(Cl)s1)C(=O)c1c(C)n[nH]c1C. The van der Waals surface area contributed by atoms with Crippen LogP contribution in [0.1, 0.15) is 26.6 Å². The molecule has 0 bridgehead atoms. The van der Waals surface area contributed by atoms with E-state index in [2.05, 4.69) is 16.8 Å². The first-order valence-electron chi connectivity index (χ1n) is 6.19. The number of halogens is 1. The third-order valence-corrected chi connectivity index (χ3v) is 4.17. The summed E-state index contributed by atoms with van der Waals surface area (Å²) in [7, 11) is 0. The Morgan fingerprint density at radius 1 is 1.55 bits per heavy atom. The van der Waals surface area contributed by atoms with Gasteiger partial charge in [0.25, 0.3) is 5.91 Å². The molecular formula is C14H16ClN3OS. The van der Waals surface area contributed by atoms with E-state index < -0.39 is 0 Å². The number of hydrogen-bond acceptors (Lipinski definition) is 3. The molecule has 0 unspecified atom stereocenters. The fourth-order valence-corrected chi connectivity index (χ4v) is 3.13. The van der Waals surface area contributed by atoms with E-state index in [-0.39, 0.29) is 5.91 Å². The molecule has 0 spiro atoms. The first-order chi connectivity index (χ1) is 9.52. The van der Waals surface area contributed by atoms with Crippen LogP contribution in [-0.2, 0) is 6.54 Å². The van der Waals surface area contributed by atoms with E-state index in [1.54, 1.807) is 11.0 Å². The van der Waals surface area contributed by atoms with Gasteiger partial charge in [0, 0.05) is 17.1 Å². The van der Waals surface area contributed by atoms with Crippen molar-refractivity contribution in [3.63, 3.8) is 0 Å². The van der Waals surface area contributed by atoms with Gasteiger partial charge in [-0.05, 0) is 26.0 Å². The van der Waals surface area contributed by atoms with Crippen LogP contribution >= 0.6 is 22.9 Å². The van der Waals surface area contributed by atoms with Gasteiger partial charge in [-0.25, -0.2) is 0 Å². The van der Waals surface area contributed by atoms with Gasteiger partial charge in [0.15, 0.2) is 0 Å². The van der Waals surface area contributed by atoms with Gasteiger partial charge in [0.2, 0.25) is 0 Å². The zero-order valence-electron chi connectivity index (χ0n) is 11.4. The minimum absolute atomic E-state index is 0.0434. The molecule has 0 saturated heterocycles. The highest BCUT2D eigenvalue weighted by molar-refractivity contribution is 7.16. The lowest BCUT2D eigenvalue weighted by atomic mass is 10.1. The van der Waals surface area contributed by atoms with Crippen molar-refractivity contribution in [2.45, 2.75) is 20.4 Å². The van der Waals surface area contributed by atoms with Crippen molar-refractivity contribution in [3.05, 3.63) is 51.0 Å². The number of rotatable bonds is 5. The summed E-state index contributed by atoms with van der Waals surface area (Å²) >= 11 is 7.41. The molecule has 0 radical (unpaired) electrons. The highest BCUT2D eigenvalue weighted by Crippen LogP contribution is 2.24. The number of aromatic nitrogens is 2. The molecule has 2 aromatic heterocycles. The van der Waals surface area contributed by atoms with Gasteiger partial charge in [0.05, 0.1) is 22.1 Å². The summed E-state index contributed by atoms with van der Waals surface area (Å²) in [5.41, 5.74) is 2.13. The Labute approximate surface area is 127 Å². The number of nitrogens with zero attached hydrogens (tertiary/aromatic N) is 2. The molecule has 0 atom stereocenters. The number of carbonyl (C=O) groups is 1. The molecule has 0 aliphatic heterocycles. The zero-order chi connectivity index (χ0) is 14.7. The van der Waals surface area contributed by atoms with E-state index in [1.165, 1.54) is 11.3 Å². The van der Waals surface area contributed by atoms with Gasteiger partial charge in [-0.1, -0.05) is 17.7 Å². The number of hydrogen-bond donors (Lipinski definition) is 1. The summed E-state index contributed by atoms with van der Waals surface area (Å²) in [5.74, 6) is -0.0434. The first-order valence-corrected chi connectivity index (χ1v) is 7.38. The Hall–Kier alpha value is -1.59. The molecule has 1 amide bonds. The van der Waals surface area contributed by atoms with Crippen LogP contribution in [0.5, 0.6) is 0 Å². The minimum atomic E-state index is -0.0434. The summed E-state index contributed by atoms with van der Waals surface area (Å²) in [6.07, 6.45) is 1.72. The van der Waals surface area contributed by atoms with Gasteiger partial charge >= 0.3 is 0 Å². The molecule has 106 valence electrons. The molecule has 0 fully saturated rings. The third kappa shape index (κ3) is 3.11. The van der Waals surface area contributed by atoms with Crippen LogP contribution in [0.4, 0.5) is 0 Å². The monoisotopic (exact) mass is 309 g/mol. The molecule has 20 heavy (non-hydrogen) atoms. The number of amides is 1. The van der Waals surface area contributed by atoms with E-state index in [0.29, 0.717) is 24.3 Å². The number of aromatic amines is 1. The molecule has 0 aliphatic carbocycles. The van der Waals surface area contributed by atoms with E-state index >= 15 is 0 Å². The highest BCUT2D eigenvalue weighted by Gasteiger charge is 2.21. The molecule has 1 N–H and O–H groups in total. The minimum Gasteiger partial charge on any atom is -0.330 e. The summed E-state index contributed by atoms with van der Waals surface area (Å²) in [6.45, 7) is 8.39. The number of H-pyrrole nitrogens is 1. The lowest BCUT2D eigenvalue weighted by Gasteiger charge is -2.20. The third-order valence-electron chi connectivity index (χ3n) is 2.95. The van der Waals surface area contributed by atoms with Crippen molar-refractivity contribution in [2.24, 2.45) is 0 Å².